The van der Waals surface area contributed by atoms with Crippen LogP contribution in [0.15, 0.2) is 12.1 Å². The zero-order valence-corrected chi connectivity index (χ0v) is 23.0. The van der Waals surface area contributed by atoms with Crippen molar-refractivity contribution >= 4 is 29.5 Å². The van der Waals surface area contributed by atoms with Crippen LogP contribution in [0.3, 0.4) is 0 Å². The number of halogens is 1. The molecular formula is C28H38FN5O5. The van der Waals surface area contributed by atoms with Crippen molar-refractivity contribution in [1.82, 2.24) is 20.0 Å². The number of hydrogen-bond donors (Lipinski definition) is 1. The van der Waals surface area contributed by atoms with E-state index in [1.165, 1.54) is 17.0 Å². The van der Waals surface area contributed by atoms with Crippen LogP contribution in [0, 0.1) is 11.7 Å². The summed E-state index contributed by atoms with van der Waals surface area (Å²) in [4.78, 5) is 57.1. The van der Waals surface area contributed by atoms with Gasteiger partial charge in [-0.05, 0) is 58.1 Å². The van der Waals surface area contributed by atoms with E-state index in [1.54, 1.807) is 4.90 Å². The number of benzene rings is 1. The smallest absolute Gasteiger partial charge is 0.410 e. The van der Waals surface area contributed by atoms with Crippen molar-refractivity contribution in [2.75, 3.05) is 50.7 Å². The number of carbonyl (C=O) groups excluding carboxylic acids is 4. The minimum absolute atomic E-state index is 0.162. The number of anilines is 1. The van der Waals surface area contributed by atoms with E-state index in [2.05, 4.69) is 10.2 Å². The molecule has 1 atom stereocenters. The maximum Gasteiger partial charge on any atom is 0.410 e. The maximum absolute atomic E-state index is 15.2. The molecule has 0 aliphatic carbocycles. The molecule has 4 heterocycles. The van der Waals surface area contributed by atoms with Gasteiger partial charge in [0.2, 0.25) is 11.8 Å². The van der Waals surface area contributed by atoms with Crippen LogP contribution in [0.25, 0.3) is 0 Å². The third-order valence-electron chi connectivity index (χ3n) is 8.11. The molecule has 5 rings (SSSR count). The molecule has 212 valence electrons. The van der Waals surface area contributed by atoms with Crippen molar-refractivity contribution in [2.24, 2.45) is 5.92 Å². The third-order valence-corrected chi connectivity index (χ3v) is 8.11. The molecule has 3 saturated heterocycles. The monoisotopic (exact) mass is 543 g/mol. The van der Waals surface area contributed by atoms with E-state index in [0.29, 0.717) is 48.9 Å². The lowest BCUT2D eigenvalue weighted by molar-refractivity contribution is -0.136. The molecule has 4 amide bonds. The predicted octanol–water partition coefficient (Wildman–Crippen LogP) is 2.36. The van der Waals surface area contributed by atoms with Gasteiger partial charge < -0.3 is 19.4 Å². The summed E-state index contributed by atoms with van der Waals surface area (Å²) in [6.45, 7) is 11.0. The van der Waals surface area contributed by atoms with Gasteiger partial charge in [0.15, 0.2) is 0 Å². The van der Waals surface area contributed by atoms with Crippen molar-refractivity contribution in [3.63, 3.8) is 0 Å². The SMILES string of the molecule is CC(C)(C)OC(=O)N1CCN(CC2CCN(c3c(F)ccc4c3CN(C3CCC(=O)NC3=O)C4=O)CC2)CC1. The van der Waals surface area contributed by atoms with Gasteiger partial charge in [-0.15, -0.1) is 0 Å². The Morgan fingerprint density at radius 3 is 2.36 bits per heavy atom. The molecule has 0 spiro atoms. The van der Waals surface area contributed by atoms with Crippen LogP contribution < -0.4 is 10.2 Å². The highest BCUT2D eigenvalue weighted by molar-refractivity contribution is 6.06. The highest BCUT2D eigenvalue weighted by Crippen LogP contribution is 2.37. The van der Waals surface area contributed by atoms with Gasteiger partial charge in [0.05, 0.1) is 5.69 Å². The molecule has 0 bridgehead atoms. The molecule has 1 aromatic rings. The van der Waals surface area contributed by atoms with E-state index in [9.17, 15) is 19.2 Å². The zero-order chi connectivity index (χ0) is 27.9. The molecule has 4 aliphatic heterocycles. The van der Waals surface area contributed by atoms with Crippen LogP contribution in [-0.4, -0.2) is 96.0 Å². The molecule has 0 radical (unpaired) electrons. The van der Waals surface area contributed by atoms with Crippen LogP contribution in [0.5, 0.6) is 0 Å². The van der Waals surface area contributed by atoms with E-state index >= 15 is 4.39 Å². The standard InChI is InChI=1S/C28H38FN5O5/c1-28(2,3)39-27(38)33-14-12-31(13-15-33)16-18-8-10-32(11-9-18)24-20-17-34(22-6-7-23(35)30-25(22)36)26(37)19(20)4-5-21(24)29/h4-5,18,22H,6-17H2,1-3H3,(H,30,35,36). The lowest BCUT2D eigenvalue weighted by atomic mass is 9.94. The number of amides is 4. The first-order valence-electron chi connectivity index (χ1n) is 13.9. The van der Waals surface area contributed by atoms with Gasteiger partial charge in [0, 0.05) is 69.9 Å². The summed E-state index contributed by atoms with van der Waals surface area (Å²) in [5, 5.41) is 2.31. The minimum atomic E-state index is -0.722. The van der Waals surface area contributed by atoms with Crippen molar-refractivity contribution in [3.05, 3.63) is 29.1 Å². The first-order chi connectivity index (χ1) is 18.5. The molecular weight excluding hydrogens is 505 g/mol. The number of carbonyl (C=O) groups is 4. The van der Waals surface area contributed by atoms with Crippen molar-refractivity contribution < 1.29 is 28.3 Å². The summed E-state index contributed by atoms with van der Waals surface area (Å²) in [7, 11) is 0. The molecule has 11 heteroatoms. The predicted molar refractivity (Wildman–Crippen MR) is 142 cm³/mol. The lowest BCUT2D eigenvalue weighted by Crippen LogP contribution is -2.52. The Balaban J connectivity index is 1.17. The molecule has 1 N–H and O–H groups in total. The highest BCUT2D eigenvalue weighted by atomic mass is 19.1. The number of piperazine rings is 1. The first-order valence-corrected chi connectivity index (χ1v) is 13.9. The van der Waals surface area contributed by atoms with Crippen LogP contribution in [0.4, 0.5) is 14.9 Å². The number of imide groups is 1. The summed E-state index contributed by atoms with van der Waals surface area (Å²) in [6.07, 6.45) is 2.00. The number of fused-ring (bicyclic) bond motifs is 1. The van der Waals surface area contributed by atoms with Crippen molar-refractivity contribution in [3.8, 4) is 0 Å². The summed E-state index contributed by atoms with van der Waals surface area (Å²) < 4.78 is 20.7. The summed E-state index contributed by atoms with van der Waals surface area (Å²) in [6, 6.07) is 2.13. The summed E-state index contributed by atoms with van der Waals surface area (Å²) >= 11 is 0. The van der Waals surface area contributed by atoms with E-state index in [1.807, 2.05) is 25.7 Å². The average molecular weight is 544 g/mol. The third kappa shape index (κ3) is 5.88. The average Bonchev–Trinajstić information content (AvgIpc) is 3.20. The van der Waals surface area contributed by atoms with Crippen LogP contribution >= 0.6 is 0 Å². The molecule has 3 fully saturated rings. The lowest BCUT2D eigenvalue weighted by Gasteiger charge is -2.40. The number of hydrogen-bond acceptors (Lipinski definition) is 7. The molecule has 1 aromatic carbocycles. The Morgan fingerprint density at radius 2 is 1.72 bits per heavy atom. The van der Waals surface area contributed by atoms with E-state index < -0.39 is 17.6 Å². The summed E-state index contributed by atoms with van der Waals surface area (Å²) in [5.41, 5.74) is 1.01. The summed E-state index contributed by atoms with van der Waals surface area (Å²) in [5.74, 6) is -0.984. The van der Waals surface area contributed by atoms with Gasteiger partial charge >= 0.3 is 6.09 Å². The Bertz CT molecular complexity index is 1150. The second-order valence-electron chi connectivity index (χ2n) is 12.0. The normalized spacial score (nSPS) is 23.2. The van der Waals surface area contributed by atoms with E-state index in [0.717, 1.165) is 32.5 Å². The largest absolute Gasteiger partial charge is 0.444 e. The van der Waals surface area contributed by atoms with Gasteiger partial charge in [0.1, 0.15) is 17.5 Å². The van der Waals surface area contributed by atoms with Gasteiger partial charge in [-0.2, -0.15) is 0 Å². The number of nitrogens with zero attached hydrogens (tertiary/aromatic N) is 4. The van der Waals surface area contributed by atoms with E-state index in [-0.39, 0.29) is 43.1 Å². The van der Waals surface area contributed by atoms with Crippen LogP contribution in [0.1, 0.15) is 62.4 Å². The fraction of sp³-hybridized carbons (Fsp3) is 0.643. The zero-order valence-electron chi connectivity index (χ0n) is 23.0. The van der Waals surface area contributed by atoms with Gasteiger partial charge in [-0.25, -0.2) is 9.18 Å². The quantitative estimate of drug-likeness (QED) is 0.582. The number of ether oxygens (including phenoxy) is 1. The molecule has 4 aliphatic rings. The first kappa shape index (κ1) is 27.4. The highest BCUT2D eigenvalue weighted by Gasteiger charge is 2.41. The van der Waals surface area contributed by atoms with Crippen LogP contribution in [-0.2, 0) is 20.9 Å². The van der Waals surface area contributed by atoms with E-state index in [4.69, 9.17) is 4.74 Å². The number of rotatable bonds is 4. The minimum Gasteiger partial charge on any atom is -0.444 e. The molecule has 10 nitrogen and oxygen atoms in total. The maximum atomic E-state index is 15.2. The van der Waals surface area contributed by atoms with Crippen molar-refractivity contribution in [1.29, 1.82) is 0 Å². The number of nitrogens with one attached hydrogen (secondary N) is 1. The fourth-order valence-electron chi connectivity index (χ4n) is 6.08. The molecule has 39 heavy (non-hydrogen) atoms. The van der Waals surface area contributed by atoms with Gasteiger partial charge in [0.25, 0.3) is 5.91 Å². The Morgan fingerprint density at radius 1 is 1.03 bits per heavy atom. The second kappa shape index (κ2) is 10.7. The molecule has 0 aromatic heterocycles. The van der Waals surface area contributed by atoms with Crippen molar-refractivity contribution in [2.45, 2.75) is 64.6 Å². The topological polar surface area (TPSA) is 102 Å². The number of piperidine rings is 2. The molecule has 1 unspecified atom stereocenters. The Labute approximate surface area is 228 Å². The fourth-order valence-corrected chi connectivity index (χ4v) is 6.08. The van der Waals surface area contributed by atoms with Gasteiger partial charge in [-0.1, -0.05) is 0 Å². The van der Waals surface area contributed by atoms with Gasteiger partial charge in [-0.3, -0.25) is 24.6 Å². The van der Waals surface area contributed by atoms with Crippen LogP contribution in [0.2, 0.25) is 0 Å². The molecule has 0 saturated carbocycles. The Kier molecular flexibility index (Phi) is 7.54. The Hall–Kier alpha value is -3.21. The second-order valence-corrected chi connectivity index (χ2v) is 12.0.